The van der Waals surface area contributed by atoms with E-state index in [1.807, 2.05) is 21.1 Å². The summed E-state index contributed by atoms with van der Waals surface area (Å²) in [5.74, 6) is -0.820. The highest BCUT2D eigenvalue weighted by Gasteiger charge is 2.22. The highest BCUT2D eigenvalue weighted by Crippen LogP contribution is 2.38. The van der Waals surface area contributed by atoms with Gasteiger partial charge in [0.05, 0.1) is 27.7 Å². The minimum atomic E-state index is -4.65. The van der Waals surface area contributed by atoms with Gasteiger partial charge in [-0.25, -0.2) is 0 Å². The highest BCUT2D eigenvalue weighted by atomic mass is 31.2. The Morgan fingerprint density at radius 2 is 0.559 bits per heavy atom. The lowest BCUT2D eigenvalue weighted by Crippen LogP contribution is -2.37. The van der Waals surface area contributed by atoms with Crippen LogP contribution in [-0.2, 0) is 32.7 Å². The Labute approximate surface area is 634 Å². The molecular weight excluding hydrogens is 1280 g/mol. The lowest BCUT2D eigenvalue weighted by molar-refractivity contribution is -0.870. The molecule has 0 aliphatic carbocycles. The molecule has 0 aliphatic rings. The standard InChI is InChI=1S/C92H168NO8P/c1-6-8-10-12-14-16-18-20-22-24-26-28-30-32-34-36-38-40-42-44-45-46-47-49-50-52-54-56-58-60-62-64-66-68-70-72-74-76-78-80-82-84-91(94)98-88-90(89-100-102(96,97)99-87-86-93(3,4)5)101-92(95)85-83-81-79-77-75-73-71-69-67-65-63-61-59-57-55-53-51-48-43-41-39-37-35-33-31-29-27-25-23-21-19-17-15-13-11-9-7-2/h9,11,15,17,21,23,27,29,33,35,39,41,48,51,55,57,90H,6-8,10,12-14,16,18-20,22,24-26,28,30-32,34,36-38,40,42-47,49-50,52-54,56,58-89H2,1-5H3/b11-9-,17-15-,23-21-,29-27-,35-33-,41-39-,51-48-,57-55-. The van der Waals surface area contributed by atoms with Crippen LogP contribution in [0.25, 0.3) is 0 Å². The average molecular weight is 1450 g/mol. The van der Waals surface area contributed by atoms with E-state index >= 15 is 0 Å². The molecule has 594 valence electrons. The van der Waals surface area contributed by atoms with Crippen LogP contribution in [0.3, 0.4) is 0 Å². The highest BCUT2D eigenvalue weighted by molar-refractivity contribution is 7.45. The first-order valence-electron chi connectivity index (χ1n) is 43.9. The summed E-state index contributed by atoms with van der Waals surface area (Å²) < 4.78 is 34.5. The van der Waals surface area contributed by atoms with E-state index in [9.17, 15) is 19.0 Å². The maximum absolute atomic E-state index is 12.9. The molecule has 0 aromatic heterocycles. The number of hydrogen-bond acceptors (Lipinski definition) is 8. The maximum atomic E-state index is 12.9. The molecule has 0 rings (SSSR count). The van der Waals surface area contributed by atoms with Crippen LogP contribution in [0.1, 0.15) is 425 Å². The van der Waals surface area contributed by atoms with Crippen molar-refractivity contribution < 1.29 is 42.1 Å². The molecule has 2 unspecified atom stereocenters. The van der Waals surface area contributed by atoms with E-state index in [1.54, 1.807) is 0 Å². The molecule has 2 atom stereocenters. The van der Waals surface area contributed by atoms with E-state index in [0.717, 1.165) is 89.9 Å². The molecule has 0 radical (unpaired) electrons. The largest absolute Gasteiger partial charge is 0.756 e. The molecule has 0 aliphatic heterocycles. The topological polar surface area (TPSA) is 111 Å². The van der Waals surface area contributed by atoms with Crippen molar-refractivity contribution in [2.45, 2.75) is 431 Å². The lowest BCUT2D eigenvalue weighted by atomic mass is 10.0. The van der Waals surface area contributed by atoms with Gasteiger partial charge in [0, 0.05) is 12.8 Å². The summed E-state index contributed by atoms with van der Waals surface area (Å²) in [6.45, 7) is 4.18. The van der Waals surface area contributed by atoms with Crippen molar-refractivity contribution in [1.82, 2.24) is 0 Å². The zero-order chi connectivity index (χ0) is 74.0. The normalized spacial score (nSPS) is 13.4. The van der Waals surface area contributed by atoms with E-state index in [-0.39, 0.29) is 32.0 Å². The Kier molecular flexibility index (Phi) is 79.5. The predicted molar refractivity (Wildman–Crippen MR) is 443 cm³/mol. The van der Waals surface area contributed by atoms with E-state index < -0.39 is 26.5 Å². The van der Waals surface area contributed by atoms with Crippen molar-refractivity contribution in [2.75, 3.05) is 47.5 Å². The van der Waals surface area contributed by atoms with Crippen molar-refractivity contribution in [2.24, 2.45) is 0 Å². The molecule has 0 heterocycles. The molecule has 0 N–H and O–H groups in total. The quantitative estimate of drug-likeness (QED) is 0.0195. The number of phosphoric ester groups is 1. The zero-order valence-electron chi connectivity index (χ0n) is 68.1. The molecule has 0 aromatic rings. The Morgan fingerprint density at radius 3 is 0.833 bits per heavy atom. The van der Waals surface area contributed by atoms with Gasteiger partial charge in [0.2, 0.25) is 0 Å². The molecule has 0 saturated carbocycles. The van der Waals surface area contributed by atoms with Crippen LogP contribution in [-0.4, -0.2) is 70.0 Å². The average Bonchev–Trinajstić information content (AvgIpc) is 0.913. The molecule has 0 saturated heterocycles. The number of quaternary nitrogens is 1. The molecule has 10 heteroatoms. The maximum Gasteiger partial charge on any atom is 0.306 e. The van der Waals surface area contributed by atoms with Crippen molar-refractivity contribution in [3.8, 4) is 0 Å². The Morgan fingerprint density at radius 1 is 0.314 bits per heavy atom. The number of carbonyl (C=O) groups excluding carboxylic acids is 2. The van der Waals surface area contributed by atoms with E-state index in [1.165, 1.54) is 302 Å². The minimum absolute atomic E-state index is 0.0324. The van der Waals surface area contributed by atoms with Crippen molar-refractivity contribution in [1.29, 1.82) is 0 Å². The number of phosphoric acid groups is 1. The van der Waals surface area contributed by atoms with E-state index in [2.05, 4.69) is 111 Å². The third-order valence-corrected chi connectivity index (χ3v) is 20.6. The number of rotatable bonds is 82. The summed E-state index contributed by atoms with van der Waals surface area (Å²) in [5, 5.41) is 0. The number of allylic oxidation sites excluding steroid dienone is 16. The molecule has 0 fully saturated rings. The summed E-state index contributed by atoms with van der Waals surface area (Å²) >= 11 is 0. The molecule has 102 heavy (non-hydrogen) atoms. The fourth-order valence-corrected chi connectivity index (χ4v) is 13.7. The summed E-state index contributed by atoms with van der Waals surface area (Å²) in [6.07, 6.45) is 116. The SMILES string of the molecule is CC/C=C\C/C=C\C/C=C\C/C=C\C/C=C\C/C=C\C/C=C\C/C=C\CCCCCCCCCCCCCCC(=O)OC(COC(=O)CCCCCCCCCCCCCCCCCCCCCCCCCCCCCCCCCCCCCCCCCCC)COP(=O)([O-])OCC[N+](C)(C)C. The van der Waals surface area contributed by atoms with Gasteiger partial charge >= 0.3 is 11.9 Å². The summed E-state index contributed by atoms with van der Waals surface area (Å²) in [7, 11) is 1.18. The number of nitrogens with zero attached hydrogens (tertiary/aromatic N) is 1. The van der Waals surface area contributed by atoms with Crippen LogP contribution in [0.4, 0.5) is 0 Å². The van der Waals surface area contributed by atoms with E-state index in [0.29, 0.717) is 17.4 Å². The van der Waals surface area contributed by atoms with Gasteiger partial charge in [0.25, 0.3) is 7.82 Å². The fraction of sp³-hybridized carbons (Fsp3) is 0.804. The first-order chi connectivity index (χ1) is 50.0. The zero-order valence-corrected chi connectivity index (χ0v) is 69.0. The second-order valence-corrected chi connectivity index (χ2v) is 32.3. The van der Waals surface area contributed by atoms with Crippen LogP contribution in [0.15, 0.2) is 97.2 Å². The van der Waals surface area contributed by atoms with Gasteiger partial charge in [-0.2, -0.15) is 0 Å². The second kappa shape index (κ2) is 82.0. The third-order valence-electron chi connectivity index (χ3n) is 19.6. The second-order valence-electron chi connectivity index (χ2n) is 30.9. The molecule has 0 amide bonds. The molecule has 0 aromatic carbocycles. The number of ether oxygens (including phenoxy) is 2. The Bertz CT molecular complexity index is 2050. The molecule has 0 spiro atoms. The Hall–Kier alpha value is -3.07. The number of esters is 2. The smallest absolute Gasteiger partial charge is 0.306 e. The minimum Gasteiger partial charge on any atom is -0.756 e. The van der Waals surface area contributed by atoms with Crippen molar-refractivity contribution >= 4 is 19.8 Å². The van der Waals surface area contributed by atoms with Crippen molar-refractivity contribution in [3.63, 3.8) is 0 Å². The summed E-state index contributed by atoms with van der Waals surface area (Å²) in [4.78, 5) is 38.2. The van der Waals surface area contributed by atoms with Gasteiger partial charge in [-0.3, -0.25) is 14.2 Å². The van der Waals surface area contributed by atoms with Crippen LogP contribution in [0, 0.1) is 0 Å². The predicted octanol–water partition coefficient (Wildman–Crippen LogP) is 29.1. The van der Waals surface area contributed by atoms with Crippen LogP contribution >= 0.6 is 7.82 Å². The number of hydrogen-bond donors (Lipinski definition) is 0. The van der Waals surface area contributed by atoms with Gasteiger partial charge < -0.3 is 27.9 Å². The summed E-state index contributed by atoms with van der Waals surface area (Å²) in [5.41, 5.74) is 0. The molecule has 9 nitrogen and oxygen atoms in total. The first-order valence-corrected chi connectivity index (χ1v) is 45.4. The van der Waals surface area contributed by atoms with Gasteiger partial charge in [-0.05, 0) is 77.0 Å². The molecule has 0 bridgehead atoms. The van der Waals surface area contributed by atoms with Crippen LogP contribution in [0.5, 0.6) is 0 Å². The van der Waals surface area contributed by atoms with Gasteiger partial charge in [-0.15, -0.1) is 0 Å². The van der Waals surface area contributed by atoms with Gasteiger partial charge in [0.15, 0.2) is 6.10 Å². The number of unbranched alkanes of at least 4 members (excludes halogenated alkanes) is 52. The van der Waals surface area contributed by atoms with Gasteiger partial charge in [-0.1, -0.05) is 432 Å². The van der Waals surface area contributed by atoms with Crippen LogP contribution in [0.2, 0.25) is 0 Å². The van der Waals surface area contributed by atoms with Crippen LogP contribution < -0.4 is 4.89 Å². The Balaban J connectivity index is 3.90. The van der Waals surface area contributed by atoms with E-state index in [4.69, 9.17) is 18.5 Å². The fourth-order valence-electron chi connectivity index (χ4n) is 13.0. The van der Waals surface area contributed by atoms with Gasteiger partial charge in [0.1, 0.15) is 19.8 Å². The third kappa shape index (κ3) is 85.9. The lowest BCUT2D eigenvalue weighted by Gasteiger charge is -2.28. The molecular formula is C92H168NO8P. The first kappa shape index (κ1) is 98.9. The number of carbonyl (C=O) groups is 2. The monoisotopic (exact) mass is 1450 g/mol. The number of likely N-dealkylation sites (N-methyl/N-ethyl adjacent to an activating group) is 1. The van der Waals surface area contributed by atoms with Crippen molar-refractivity contribution in [3.05, 3.63) is 97.2 Å². The summed E-state index contributed by atoms with van der Waals surface area (Å²) in [6, 6.07) is 0.